The molecule has 0 bridgehead atoms. The van der Waals surface area contributed by atoms with Crippen LogP contribution in [0.3, 0.4) is 0 Å². The van der Waals surface area contributed by atoms with Gasteiger partial charge in [0.15, 0.2) is 5.11 Å². The number of anilines is 2. The number of hydrogen-bond donors (Lipinski definition) is 2. The van der Waals surface area contributed by atoms with Crippen LogP contribution < -0.4 is 15.5 Å². The molecule has 0 radical (unpaired) electrons. The molecule has 8 heteroatoms. The molecule has 0 saturated heterocycles. The summed E-state index contributed by atoms with van der Waals surface area (Å²) in [7, 11) is 0. The molecule has 0 atom stereocenters. The summed E-state index contributed by atoms with van der Waals surface area (Å²) in [5, 5.41) is 15.2. The second-order valence-corrected chi connectivity index (χ2v) is 7.10. The number of carbonyl (C=O) groups is 1. The molecule has 2 N–H and O–H groups in total. The molecule has 3 rings (SSSR count). The minimum atomic E-state index is -0.125. The first-order chi connectivity index (χ1) is 13.9. The number of aryl methyl sites for hydroxylation is 1. The number of nitrogens with one attached hydrogen (secondary N) is 2. The van der Waals surface area contributed by atoms with Crippen molar-refractivity contribution in [3.8, 4) is 5.69 Å². The van der Waals surface area contributed by atoms with Crippen LogP contribution in [-0.4, -0.2) is 39.1 Å². The Kier molecular flexibility index (Phi) is 6.43. The number of amides is 1. The minimum Gasteiger partial charge on any atom is -0.372 e. The van der Waals surface area contributed by atoms with E-state index < -0.39 is 0 Å². The maximum absolute atomic E-state index is 11.5. The molecule has 1 amide bonds. The molecule has 0 unspecified atom stereocenters. The molecule has 29 heavy (non-hydrogen) atoms. The van der Waals surface area contributed by atoms with Gasteiger partial charge < -0.3 is 15.5 Å². The number of hydrogen-bond acceptors (Lipinski definition) is 5. The second-order valence-electron chi connectivity index (χ2n) is 6.69. The molecule has 0 aliphatic rings. The topological polar surface area (TPSA) is 75.1 Å². The Morgan fingerprint density at radius 1 is 1.07 bits per heavy atom. The maximum atomic E-state index is 11.5. The fraction of sp³-hybridized carbons (Fsp3) is 0.333. The van der Waals surface area contributed by atoms with Gasteiger partial charge in [0.05, 0.1) is 5.69 Å². The zero-order chi connectivity index (χ0) is 21.0. The Balaban J connectivity index is 1.85. The summed E-state index contributed by atoms with van der Waals surface area (Å²) in [6, 6.07) is 12.1. The molecule has 0 saturated carbocycles. The number of fused-ring (bicyclic) bond motifs is 1. The van der Waals surface area contributed by atoms with Gasteiger partial charge in [0.25, 0.3) is 0 Å². The number of carbonyl (C=O) groups excluding carboxylic acids is 1. The lowest BCUT2D eigenvalue weighted by Gasteiger charge is -2.20. The van der Waals surface area contributed by atoms with Gasteiger partial charge in [0.1, 0.15) is 11.0 Å². The summed E-state index contributed by atoms with van der Waals surface area (Å²) in [6.45, 7) is 9.97. The first-order valence-electron chi connectivity index (χ1n) is 9.79. The first-order valence-corrected chi connectivity index (χ1v) is 10.2. The molecule has 0 aliphatic carbocycles. The van der Waals surface area contributed by atoms with Crippen LogP contribution in [0, 0.1) is 6.92 Å². The molecule has 1 aromatic heterocycles. The van der Waals surface area contributed by atoms with Crippen LogP contribution >= 0.6 is 12.2 Å². The van der Waals surface area contributed by atoms with Crippen molar-refractivity contribution in [2.75, 3.05) is 23.3 Å². The maximum Gasteiger partial charge on any atom is 0.225 e. The van der Waals surface area contributed by atoms with Crippen molar-refractivity contribution in [3.63, 3.8) is 0 Å². The average Bonchev–Trinajstić information content (AvgIpc) is 3.12. The van der Waals surface area contributed by atoms with Crippen LogP contribution in [0.5, 0.6) is 0 Å². The Morgan fingerprint density at radius 3 is 2.28 bits per heavy atom. The summed E-state index contributed by atoms with van der Waals surface area (Å²) < 4.78 is 0. The third-order valence-corrected chi connectivity index (χ3v) is 4.96. The van der Waals surface area contributed by atoms with Gasteiger partial charge in [-0.2, -0.15) is 4.80 Å². The largest absolute Gasteiger partial charge is 0.372 e. The number of aromatic nitrogens is 3. The van der Waals surface area contributed by atoms with E-state index in [0.717, 1.165) is 41.1 Å². The number of rotatable bonds is 6. The summed E-state index contributed by atoms with van der Waals surface area (Å²) in [4.78, 5) is 15.4. The smallest absolute Gasteiger partial charge is 0.225 e. The van der Waals surface area contributed by atoms with Crippen molar-refractivity contribution in [3.05, 3.63) is 42.0 Å². The monoisotopic (exact) mass is 410 g/mol. The average molecular weight is 411 g/mol. The van der Waals surface area contributed by atoms with E-state index >= 15 is 0 Å². The molecule has 2 aromatic carbocycles. The lowest BCUT2D eigenvalue weighted by Crippen LogP contribution is -2.33. The van der Waals surface area contributed by atoms with Gasteiger partial charge in [-0.05, 0) is 75.0 Å². The fourth-order valence-electron chi connectivity index (χ4n) is 3.07. The predicted molar refractivity (Wildman–Crippen MR) is 122 cm³/mol. The van der Waals surface area contributed by atoms with E-state index in [2.05, 4.69) is 51.7 Å². The SMILES string of the molecule is CCC(=O)NC(=S)Nc1cc2nn(-c3ccc(N(CC)CC)cc3)nc2cc1C. The van der Waals surface area contributed by atoms with Crippen molar-refractivity contribution in [2.24, 2.45) is 0 Å². The van der Waals surface area contributed by atoms with E-state index in [1.54, 1.807) is 11.7 Å². The highest BCUT2D eigenvalue weighted by molar-refractivity contribution is 7.80. The molecule has 0 aliphatic heterocycles. The second kappa shape index (κ2) is 9.00. The Morgan fingerprint density at radius 2 is 1.69 bits per heavy atom. The summed E-state index contributed by atoms with van der Waals surface area (Å²) >= 11 is 5.21. The van der Waals surface area contributed by atoms with Gasteiger partial charge in [-0.15, -0.1) is 10.2 Å². The van der Waals surface area contributed by atoms with Gasteiger partial charge in [0.2, 0.25) is 5.91 Å². The quantitative estimate of drug-likeness (QED) is 0.602. The normalized spacial score (nSPS) is 10.8. The highest BCUT2D eigenvalue weighted by Gasteiger charge is 2.11. The van der Waals surface area contributed by atoms with E-state index in [4.69, 9.17) is 12.2 Å². The molecule has 152 valence electrons. The van der Waals surface area contributed by atoms with Crippen molar-refractivity contribution in [2.45, 2.75) is 34.1 Å². The van der Waals surface area contributed by atoms with Crippen LogP contribution in [0.1, 0.15) is 32.8 Å². The lowest BCUT2D eigenvalue weighted by molar-refractivity contribution is -0.119. The summed E-state index contributed by atoms with van der Waals surface area (Å²) in [5.41, 5.74) is 5.38. The standard InChI is InChI=1S/C21H26N6OS/c1-5-20(28)23-21(29)22-17-13-19-18(12-14(17)4)24-27(25-19)16-10-8-15(9-11-16)26(6-2)7-3/h8-13H,5-7H2,1-4H3,(H2,22,23,28,29). The molecule has 0 spiro atoms. The third kappa shape index (κ3) is 4.71. The van der Waals surface area contributed by atoms with Crippen LogP contribution in [0.25, 0.3) is 16.7 Å². The molecule has 1 heterocycles. The van der Waals surface area contributed by atoms with Crippen LogP contribution in [-0.2, 0) is 4.79 Å². The van der Waals surface area contributed by atoms with Crippen molar-refractivity contribution >= 4 is 45.6 Å². The van der Waals surface area contributed by atoms with Crippen LogP contribution in [0.15, 0.2) is 36.4 Å². The zero-order valence-electron chi connectivity index (χ0n) is 17.2. The lowest BCUT2D eigenvalue weighted by atomic mass is 10.2. The highest BCUT2D eigenvalue weighted by Crippen LogP contribution is 2.23. The molecule has 7 nitrogen and oxygen atoms in total. The Bertz CT molecular complexity index is 1020. The molecular weight excluding hydrogens is 384 g/mol. The van der Waals surface area contributed by atoms with E-state index in [-0.39, 0.29) is 11.0 Å². The summed E-state index contributed by atoms with van der Waals surface area (Å²) in [6.07, 6.45) is 0.376. The van der Waals surface area contributed by atoms with Gasteiger partial charge in [-0.1, -0.05) is 6.92 Å². The van der Waals surface area contributed by atoms with E-state index in [1.165, 1.54) is 5.69 Å². The number of thiocarbonyl (C=S) groups is 1. The van der Waals surface area contributed by atoms with Crippen molar-refractivity contribution in [1.29, 1.82) is 0 Å². The Hall–Kier alpha value is -3.00. The van der Waals surface area contributed by atoms with E-state index in [0.29, 0.717) is 6.42 Å². The number of nitrogens with zero attached hydrogens (tertiary/aromatic N) is 4. The Labute approximate surface area is 176 Å². The van der Waals surface area contributed by atoms with Crippen molar-refractivity contribution < 1.29 is 4.79 Å². The van der Waals surface area contributed by atoms with Gasteiger partial charge in [-0.25, -0.2) is 0 Å². The highest BCUT2D eigenvalue weighted by atomic mass is 32.1. The fourth-order valence-corrected chi connectivity index (χ4v) is 3.30. The van der Waals surface area contributed by atoms with Crippen LogP contribution in [0.4, 0.5) is 11.4 Å². The summed E-state index contributed by atoms with van der Waals surface area (Å²) in [5.74, 6) is -0.125. The van der Waals surface area contributed by atoms with E-state index in [1.807, 2.05) is 31.2 Å². The first kappa shape index (κ1) is 20.7. The van der Waals surface area contributed by atoms with Crippen molar-refractivity contribution in [1.82, 2.24) is 20.3 Å². The van der Waals surface area contributed by atoms with Crippen LogP contribution in [0.2, 0.25) is 0 Å². The predicted octanol–water partition coefficient (Wildman–Crippen LogP) is 3.80. The third-order valence-electron chi connectivity index (χ3n) is 4.76. The zero-order valence-corrected chi connectivity index (χ0v) is 18.0. The van der Waals surface area contributed by atoms with Gasteiger partial charge in [0, 0.05) is 30.9 Å². The minimum absolute atomic E-state index is 0.125. The molecule has 0 fully saturated rings. The molecule has 3 aromatic rings. The molecular formula is C21H26N6OS. The van der Waals surface area contributed by atoms with Gasteiger partial charge >= 0.3 is 0 Å². The number of benzene rings is 2. The van der Waals surface area contributed by atoms with E-state index in [9.17, 15) is 4.79 Å². The van der Waals surface area contributed by atoms with Gasteiger partial charge in [-0.3, -0.25) is 4.79 Å².